The molecule has 0 spiro atoms. The molecule has 0 radical (unpaired) electrons. The third-order valence-electron chi connectivity index (χ3n) is 24.2. The molecule has 0 saturated carbocycles. The van der Waals surface area contributed by atoms with Crippen molar-refractivity contribution in [1.82, 2.24) is 74.8 Å². The number of pyridine rings is 13. The van der Waals surface area contributed by atoms with Crippen LogP contribution in [0.2, 0.25) is 0 Å². The minimum Gasteiger partial charge on any atom is -0.357 e. The number of nitrogens with zero attached hydrogens (tertiary/aromatic N) is 16. The van der Waals surface area contributed by atoms with Crippen molar-refractivity contribution < 1.29 is 37.1 Å². The predicted octanol–water partition coefficient (Wildman–Crippen LogP) is 24.1. The zero-order valence-electron chi connectivity index (χ0n) is 83.3. The molecule has 746 valence electrons. The van der Waals surface area contributed by atoms with E-state index in [0.717, 1.165) is 165 Å². The van der Waals surface area contributed by atoms with E-state index in [2.05, 4.69) is 137 Å². The molecule has 1 saturated heterocycles. The molecule has 0 unspecified atom stereocenters. The molecule has 5 aromatic carbocycles. The van der Waals surface area contributed by atoms with Crippen molar-refractivity contribution in [2.75, 3.05) is 44.6 Å². The Morgan fingerprint density at radius 3 is 1.03 bits per heavy atom. The highest BCUT2D eigenvalue weighted by Gasteiger charge is 2.34. The number of nitrogens with one attached hydrogen (secondary N) is 5. The second-order valence-electron chi connectivity index (χ2n) is 35.6. The van der Waals surface area contributed by atoms with Gasteiger partial charge < -0.3 is 31.5 Å². The quantitative estimate of drug-likeness (QED) is 0.0355. The number of alkyl halides is 3. The summed E-state index contributed by atoms with van der Waals surface area (Å²) in [6.07, 6.45) is 30.8. The van der Waals surface area contributed by atoms with Crippen LogP contribution in [0.25, 0.3) is 101 Å². The molecular formula is C121H106F3N21O5. The van der Waals surface area contributed by atoms with Gasteiger partial charge in [0.2, 0.25) is 29.5 Å². The van der Waals surface area contributed by atoms with Crippen molar-refractivity contribution in [3.63, 3.8) is 0 Å². The summed E-state index contributed by atoms with van der Waals surface area (Å²) in [7, 11) is 0. The molecule has 26 nitrogen and oxygen atoms in total. The van der Waals surface area contributed by atoms with E-state index in [-0.39, 0.29) is 53.4 Å². The number of carbonyl (C=O) groups excluding carboxylic acids is 5. The topological polar surface area (TPSA) is 342 Å². The first-order chi connectivity index (χ1) is 72.9. The van der Waals surface area contributed by atoms with Crippen LogP contribution in [-0.2, 0) is 62.3 Å². The molecule has 150 heavy (non-hydrogen) atoms. The Bertz CT molecular complexity index is 7770. The molecule has 0 aliphatic carbocycles. The normalized spacial score (nSPS) is 11.4. The number of hydrogen-bond acceptors (Lipinski definition) is 21. The van der Waals surface area contributed by atoms with Gasteiger partial charge in [0, 0.05) is 168 Å². The van der Waals surface area contributed by atoms with Gasteiger partial charge in [0.05, 0.1) is 72.8 Å². The molecule has 14 aromatic heterocycles. The lowest BCUT2D eigenvalue weighted by Gasteiger charge is -2.27. The largest absolute Gasteiger partial charge is 0.417 e. The van der Waals surface area contributed by atoms with Gasteiger partial charge >= 0.3 is 6.18 Å². The number of hydrogen-bond donors (Lipinski definition) is 5. The van der Waals surface area contributed by atoms with Crippen LogP contribution in [-0.4, -0.2) is 117 Å². The molecular weight excluding hydrogens is 1880 g/mol. The predicted molar refractivity (Wildman–Crippen MR) is 581 cm³/mol. The molecule has 15 heterocycles. The van der Waals surface area contributed by atoms with E-state index in [1.807, 2.05) is 234 Å². The maximum absolute atomic E-state index is 13.7. The summed E-state index contributed by atoms with van der Waals surface area (Å²) in [5.41, 5.74) is 26.0. The summed E-state index contributed by atoms with van der Waals surface area (Å²) in [6, 6.07) is 85.1. The van der Waals surface area contributed by atoms with Crippen LogP contribution in [0.15, 0.2) is 385 Å². The van der Waals surface area contributed by atoms with E-state index in [4.69, 9.17) is 0 Å². The van der Waals surface area contributed by atoms with Crippen molar-refractivity contribution in [2.45, 2.75) is 99.1 Å². The number of aromatic nitrogens is 15. The fourth-order valence-electron chi connectivity index (χ4n) is 16.7. The molecule has 20 rings (SSSR count). The summed E-state index contributed by atoms with van der Waals surface area (Å²) >= 11 is 0. The zero-order valence-corrected chi connectivity index (χ0v) is 83.3. The second kappa shape index (κ2) is 51.0. The highest BCUT2D eigenvalue weighted by atomic mass is 19.4. The number of halogens is 3. The Labute approximate surface area is 867 Å². The van der Waals surface area contributed by atoms with E-state index in [1.165, 1.54) is 49.9 Å². The maximum atomic E-state index is 13.7. The Kier molecular flexibility index (Phi) is 35.4. The Hall–Kier alpha value is -18.9. The number of benzene rings is 5. The molecule has 1 aliphatic heterocycles. The van der Waals surface area contributed by atoms with Crippen LogP contribution in [0.1, 0.15) is 86.5 Å². The number of piperidine rings is 1. The van der Waals surface area contributed by atoms with E-state index < -0.39 is 17.6 Å². The Morgan fingerprint density at radius 1 is 0.260 bits per heavy atom. The van der Waals surface area contributed by atoms with E-state index >= 15 is 0 Å². The maximum Gasteiger partial charge on any atom is 0.417 e. The molecule has 5 N–H and O–H groups in total. The van der Waals surface area contributed by atoms with Crippen LogP contribution >= 0.6 is 0 Å². The molecule has 29 heteroatoms. The number of amides is 5. The van der Waals surface area contributed by atoms with Crippen molar-refractivity contribution in [2.24, 2.45) is 0 Å². The average Bonchev–Trinajstić information content (AvgIpc) is 0.790. The first-order valence-corrected chi connectivity index (χ1v) is 48.6. The van der Waals surface area contributed by atoms with Crippen LogP contribution in [0.4, 0.5) is 47.9 Å². The molecule has 1 aliphatic rings. The van der Waals surface area contributed by atoms with Crippen molar-refractivity contribution in [3.05, 3.63) is 452 Å². The van der Waals surface area contributed by atoms with Crippen LogP contribution in [0.3, 0.4) is 0 Å². The van der Waals surface area contributed by atoms with Gasteiger partial charge in [0.15, 0.2) is 0 Å². The summed E-state index contributed by atoms with van der Waals surface area (Å²) in [4.78, 5) is 128. The van der Waals surface area contributed by atoms with Crippen LogP contribution in [0.5, 0.6) is 0 Å². The third-order valence-corrected chi connectivity index (χ3v) is 24.2. The monoisotopic (exact) mass is 1990 g/mol. The summed E-state index contributed by atoms with van der Waals surface area (Å²) in [5.74, 6) is 2.05. The SMILES string of the molecule is Cc1cc(-c2ccc(CC(=O)Nc3ccc(-c4ccccn4)cn3)cc2C)ccn1.Cc1cc(-c2ccc(CC(=O)Nc3ccc(-c4cccnc4)cn3)cc2)ccn1.Cc1cc(-c2ccc(CC(=O)Nc3ccc(-c4cnccn4)cn3)cc2C(F)(F)F)ccn1.Cc1cc(-c2ccc(CC(=O)Nc3ccc(N4CCCCC4)nc3)cc2)ccn1.Cc1cc(CC(=O)Nc2ccc(-c3ccccn3)cn2)ccc1-c1cccnc1. The first-order valence-electron chi connectivity index (χ1n) is 48.6. The van der Waals surface area contributed by atoms with Gasteiger partial charge in [0.25, 0.3) is 0 Å². The Balaban J connectivity index is 0.000000134. The standard InChI is InChI=1S/C25H22N4O.C24H18F3N5O.2C24H20N4O.C24H26N4O/c1-17-13-19(6-8-22(17)20-10-12-26-18(2)14-20)15-25(30)29-24-9-7-21(16-28-24)23-5-3-4-11-27-23;1-15-10-17(6-7-29-15)19-4-2-16(11-20(19)24(25,26)27)12-23(33)32-22-5-3-18(13-31-22)21-14-28-8-9-30-21;1-17-13-20(10-12-26-17)19-6-4-18(5-7-19)14-24(29)28-23-9-8-22(16-27-23)21-3-2-11-25-15-21;1-17-13-18(7-9-21(17)19-5-4-11-25-15-19)14-24(29)28-23-10-8-20(16-27-23)22-6-2-3-12-26-22;1-18-15-21(11-12-25-18)20-7-5-19(6-8-20)16-24(29)27-22-9-10-23(26-17-22)28-13-3-2-4-14-28/h3-14,16H,15H2,1-2H3,(H,28,29,30);2-11,13-14H,12H2,1H3,(H,31,32,33);2*2-13,15-16H,14H2,1H3,(H,27,28,29);5-12,15,17H,2-4,13-14,16H2,1H3,(H,27,29). The summed E-state index contributed by atoms with van der Waals surface area (Å²) in [5, 5.41) is 14.1. The molecule has 1 fully saturated rings. The zero-order chi connectivity index (χ0) is 105. The van der Waals surface area contributed by atoms with Crippen molar-refractivity contribution in [1.29, 1.82) is 0 Å². The molecule has 5 amide bonds. The number of aryl methyl sites for hydroxylation is 6. The average molecular weight is 1990 g/mol. The van der Waals surface area contributed by atoms with Crippen molar-refractivity contribution >= 4 is 64.3 Å². The van der Waals surface area contributed by atoms with Crippen LogP contribution in [0, 0.1) is 41.5 Å². The van der Waals surface area contributed by atoms with E-state index in [9.17, 15) is 37.1 Å². The van der Waals surface area contributed by atoms with E-state index in [1.54, 1.807) is 124 Å². The van der Waals surface area contributed by atoms with Crippen LogP contribution < -0.4 is 31.5 Å². The molecule has 0 bridgehead atoms. The van der Waals surface area contributed by atoms with Gasteiger partial charge in [-0.25, -0.2) is 24.9 Å². The fraction of sp³-hybridized carbons (Fsp3) is 0.140. The van der Waals surface area contributed by atoms with Gasteiger partial charge in [-0.05, 0) is 301 Å². The van der Waals surface area contributed by atoms with Gasteiger partial charge in [-0.15, -0.1) is 0 Å². The minimum absolute atomic E-state index is 0.0370. The summed E-state index contributed by atoms with van der Waals surface area (Å²) in [6.45, 7) is 13.9. The Morgan fingerprint density at radius 2 is 0.633 bits per heavy atom. The van der Waals surface area contributed by atoms with E-state index in [0.29, 0.717) is 53.7 Å². The van der Waals surface area contributed by atoms with Gasteiger partial charge in [-0.3, -0.25) is 73.8 Å². The second-order valence-corrected chi connectivity index (χ2v) is 35.6. The third kappa shape index (κ3) is 30.4. The van der Waals surface area contributed by atoms with Gasteiger partial charge in [-0.2, -0.15) is 13.2 Å². The van der Waals surface area contributed by atoms with Gasteiger partial charge in [-0.1, -0.05) is 121 Å². The lowest BCUT2D eigenvalue weighted by molar-refractivity contribution is -0.137. The number of anilines is 6. The number of carbonyl (C=O) groups is 5. The number of rotatable bonds is 25. The fourth-order valence-corrected chi connectivity index (χ4v) is 16.7. The molecule has 19 aromatic rings. The van der Waals surface area contributed by atoms with Crippen molar-refractivity contribution in [3.8, 4) is 101 Å². The van der Waals surface area contributed by atoms with Gasteiger partial charge in [0.1, 0.15) is 29.1 Å². The summed E-state index contributed by atoms with van der Waals surface area (Å²) < 4.78 is 41.2. The lowest BCUT2D eigenvalue weighted by atomic mass is 9.96. The smallest absolute Gasteiger partial charge is 0.357 e. The highest BCUT2D eigenvalue weighted by Crippen LogP contribution is 2.39. The highest BCUT2D eigenvalue weighted by molar-refractivity contribution is 5.95. The lowest BCUT2D eigenvalue weighted by Crippen LogP contribution is -2.30. The molecule has 0 atom stereocenters. The minimum atomic E-state index is -4.57. The first kappa shape index (κ1) is 104.